The fraction of sp³-hybridized carbons (Fsp3) is 0.739. The summed E-state index contributed by atoms with van der Waals surface area (Å²) in [6.07, 6.45) is -4.91. The third-order valence-corrected chi connectivity index (χ3v) is 7.79. The second-order valence-corrected chi connectivity index (χ2v) is 9.91. The number of ether oxygens (including phenoxy) is 3. The molecule has 3 aliphatic rings. The van der Waals surface area contributed by atoms with Gasteiger partial charge in [0.05, 0.1) is 19.3 Å². The van der Waals surface area contributed by atoms with Gasteiger partial charge in [-0.25, -0.2) is 0 Å². The highest BCUT2D eigenvalue weighted by molar-refractivity contribution is 5.48. The summed E-state index contributed by atoms with van der Waals surface area (Å²) in [5, 5.41) is 40.0. The van der Waals surface area contributed by atoms with Crippen molar-refractivity contribution in [2.45, 2.75) is 82.8 Å². The molecule has 4 rings (SSSR count). The van der Waals surface area contributed by atoms with Gasteiger partial charge in [0, 0.05) is 16.9 Å². The molecule has 8 atom stereocenters. The van der Waals surface area contributed by atoms with Crippen molar-refractivity contribution >= 4 is 0 Å². The van der Waals surface area contributed by atoms with Crippen molar-refractivity contribution in [2.24, 2.45) is 11.3 Å². The molecule has 0 amide bonds. The first-order valence-electron chi connectivity index (χ1n) is 10.8. The van der Waals surface area contributed by atoms with Crippen LogP contribution in [0.5, 0.6) is 5.75 Å². The highest BCUT2D eigenvalue weighted by Gasteiger charge is 2.57. The molecular weight excluding hydrogens is 388 g/mol. The van der Waals surface area contributed by atoms with E-state index in [4.69, 9.17) is 14.2 Å². The Kier molecular flexibility index (Phi) is 5.66. The van der Waals surface area contributed by atoms with Crippen LogP contribution in [0.1, 0.15) is 44.7 Å². The van der Waals surface area contributed by atoms with Gasteiger partial charge in [-0.3, -0.25) is 0 Å². The first kappa shape index (κ1) is 22.0. The van der Waals surface area contributed by atoms with E-state index in [1.54, 1.807) is 0 Å². The van der Waals surface area contributed by atoms with Crippen LogP contribution in [0.15, 0.2) is 18.2 Å². The molecule has 30 heavy (non-hydrogen) atoms. The minimum absolute atomic E-state index is 0.0572. The van der Waals surface area contributed by atoms with Crippen LogP contribution in [0.2, 0.25) is 0 Å². The molecule has 1 saturated heterocycles. The molecule has 1 aromatic carbocycles. The minimum atomic E-state index is -1.44. The summed E-state index contributed by atoms with van der Waals surface area (Å²) in [4.78, 5) is 0. The lowest BCUT2D eigenvalue weighted by Crippen LogP contribution is -2.62. The number of aryl methyl sites for hydroxylation is 1. The number of benzene rings is 1. The zero-order chi connectivity index (χ0) is 21.8. The molecule has 1 aromatic rings. The summed E-state index contributed by atoms with van der Waals surface area (Å²) >= 11 is 0. The molecule has 168 valence electrons. The lowest BCUT2D eigenvalue weighted by Gasteiger charge is -2.57. The van der Waals surface area contributed by atoms with Crippen molar-refractivity contribution < 1.29 is 34.6 Å². The lowest BCUT2D eigenvalue weighted by molar-refractivity contribution is -0.325. The summed E-state index contributed by atoms with van der Waals surface area (Å²) in [6.45, 7) is 8.77. The van der Waals surface area contributed by atoms with Crippen molar-refractivity contribution in [3.8, 4) is 5.75 Å². The van der Waals surface area contributed by atoms with Gasteiger partial charge in [0.2, 0.25) is 0 Å². The van der Waals surface area contributed by atoms with E-state index in [2.05, 4.69) is 45.9 Å². The molecule has 0 spiro atoms. The van der Waals surface area contributed by atoms with E-state index < -0.39 is 37.3 Å². The second kappa shape index (κ2) is 7.73. The first-order valence-corrected chi connectivity index (χ1v) is 10.8. The molecule has 2 heterocycles. The Morgan fingerprint density at radius 3 is 2.53 bits per heavy atom. The molecule has 0 bridgehead atoms. The molecule has 0 aromatic heterocycles. The van der Waals surface area contributed by atoms with Crippen molar-refractivity contribution in [2.75, 3.05) is 13.2 Å². The van der Waals surface area contributed by atoms with Gasteiger partial charge < -0.3 is 34.6 Å². The fourth-order valence-electron chi connectivity index (χ4n) is 5.79. The number of hydrogen-bond donors (Lipinski definition) is 4. The van der Waals surface area contributed by atoms with Crippen LogP contribution in [0, 0.1) is 18.3 Å². The van der Waals surface area contributed by atoms with Crippen LogP contribution in [0.4, 0.5) is 0 Å². The van der Waals surface area contributed by atoms with E-state index in [1.165, 1.54) is 5.56 Å². The van der Waals surface area contributed by atoms with Gasteiger partial charge in [-0.2, -0.15) is 0 Å². The molecule has 1 aliphatic carbocycles. The number of aliphatic hydroxyl groups is 4. The predicted octanol–water partition coefficient (Wildman–Crippen LogP) is 1.27. The quantitative estimate of drug-likeness (QED) is 0.581. The number of aliphatic hydroxyl groups excluding tert-OH is 4. The Morgan fingerprint density at radius 1 is 1.10 bits per heavy atom. The average molecular weight is 423 g/mol. The van der Waals surface area contributed by atoms with Gasteiger partial charge in [-0.05, 0) is 30.7 Å². The highest BCUT2D eigenvalue weighted by Crippen LogP contribution is 2.57. The molecule has 0 unspecified atom stereocenters. The molecule has 2 fully saturated rings. The Hall–Kier alpha value is -1.22. The Bertz CT molecular complexity index is 779. The maximum absolute atomic E-state index is 10.4. The summed E-state index contributed by atoms with van der Waals surface area (Å²) in [5.41, 5.74) is 2.02. The minimum Gasteiger partial charge on any atom is -0.493 e. The van der Waals surface area contributed by atoms with Crippen molar-refractivity contribution in [1.82, 2.24) is 0 Å². The van der Waals surface area contributed by atoms with Gasteiger partial charge in [0.1, 0.15) is 30.2 Å². The molecule has 7 heteroatoms. The van der Waals surface area contributed by atoms with E-state index in [-0.39, 0.29) is 22.9 Å². The summed E-state index contributed by atoms with van der Waals surface area (Å²) < 4.78 is 18.0. The monoisotopic (exact) mass is 422 g/mol. The number of para-hydroxylation sites is 1. The normalized spacial score (nSPS) is 42.7. The molecule has 7 nitrogen and oxygen atoms in total. The SMILES string of the molecule is Cc1cccc2c1OC[C@@H]1C(C)(C)[C@@H](O[C@@H]3O[C@H](CO)[C@@H](O)[C@H](O)[C@H]3O)CC[C@]21C. The van der Waals surface area contributed by atoms with Gasteiger partial charge in [-0.1, -0.05) is 39.0 Å². The molecule has 0 radical (unpaired) electrons. The standard InChI is InChI=1S/C23H34O7/c1-12-6-5-7-13-20(12)28-11-15-22(2,3)16(8-9-23(13,15)4)30-21-19(27)18(26)17(25)14(10-24)29-21/h5-7,14-19,21,24-27H,8-11H2,1-4H3/t14-,15-,16+,17-,18+,19-,21+,23-/m1/s1. The van der Waals surface area contributed by atoms with Crippen LogP contribution >= 0.6 is 0 Å². The number of rotatable bonds is 3. The zero-order valence-electron chi connectivity index (χ0n) is 18.1. The third kappa shape index (κ3) is 3.27. The zero-order valence-corrected chi connectivity index (χ0v) is 18.1. The number of hydrogen-bond acceptors (Lipinski definition) is 7. The third-order valence-electron chi connectivity index (χ3n) is 7.79. The topological polar surface area (TPSA) is 109 Å². The average Bonchev–Trinajstić information content (AvgIpc) is 2.70. The maximum atomic E-state index is 10.4. The van der Waals surface area contributed by atoms with Gasteiger partial charge in [0.25, 0.3) is 0 Å². The molecule has 1 saturated carbocycles. The summed E-state index contributed by atoms with van der Waals surface area (Å²) in [7, 11) is 0. The van der Waals surface area contributed by atoms with Gasteiger partial charge >= 0.3 is 0 Å². The van der Waals surface area contributed by atoms with E-state index in [0.717, 1.165) is 24.2 Å². The van der Waals surface area contributed by atoms with E-state index in [0.29, 0.717) is 6.61 Å². The first-order chi connectivity index (χ1) is 14.1. The predicted molar refractivity (Wildman–Crippen MR) is 109 cm³/mol. The van der Waals surface area contributed by atoms with Gasteiger partial charge in [0.15, 0.2) is 6.29 Å². The summed E-state index contributed by atoms with van der Waals surface area (Å²) in [5.74, 6) is 1.17. The van der Waals surface area contributed by atoms with E-state index in [9.17, 15) is 20.4 Å². The van der Waals surface area contributed by atoms with E-state index >= 15 is 0 Å². The Morgan fingerprint density at radius 2 is 1.83 bits per heavy atom. The van der Waals surface area contributed by atoms with Gasteiger partial charge in [-0.15, -0.1) is 0 Å². The second-order valence-electron chi connectivity index (χ2n) is 9.91. The van der Waals surface area contributed by atoms with Crippen LogP contribution in [0.25, 0.3) is 0 Å². The highest BCUT2D eigenvalue weighted by atomic mass is 16.7. The largest absolute Gasteiger partial charge is 0.493 e. The lowest BCUT2D eigenvalue weighted by atomic mass is 9.52. The van der Waals surface area contributed by atoms with Crippen molar-refractivity contribution in [1.29, 1.82) is 0 Å². The fourth-order valence-corrected chi connectivity index (χ4v) is 5.79. The Labute approximate surface area is 177 Å². The molecule has 2 aliphatic heterocycles. The van der Waals surface area contributed by atoms with Crippen LogP contribution in [-0.2, 0) is 14.9 Å². The number of fused-ring (bicyclic) bond motifs is 3. The summed E-state index contributed by atoms with van der Waals surface area (Å²) in [6, 6.07) is 6.31. The maximum Gasteiger partial charge on any atom is 0.186 e. The van der Waals surface area contributed by atoms with Crippen molar-refractivity contribution in [3.05, 3.63) is 29.3 Å². The smallest absolute Gasteiger partial charge is 0.186 e. The van der Waals surface area contributed by atoms with Crippen LogP contribution in [0.3, 0.4) is 0 Å². The Balaban J connectivity index is 1.58. The van der Waals surface area contributed by atoms with Crippen molar-refractivity contribution in [3.63, 3.8) is 0 Å². The molecule has 4 N–H and O–H groups in total. The van der Waals surface area contributed by atoms with Crippen LogP contribution in [-0.4, -0.2) is 70.4 Å². The van der Waals surface area contributed by atoms with Crippen LogP contribution < -0.4 is 4.74 Å². The molecular formula is C23H34O7. The van der Waals surface area contributed by atoms with E-state index in [1.807, 2.05) is 0 Å².